The molecule has 0 saturated heterocycles. The number of rotatable bonds is 4. The van der Waals surface area contributed by atoms with Gasteiger partial charge in [-0.15, -0.1) is 0 Å². The van der Waals surface area contributed by atoms with E-state index in [0.29, 0.717) is 5.56 Å². The summed E-state index contributed by atoms with van der Waals surface area (Å²) in [4.78, 5) is 13.7. The van der Waals surface area contributed by atoms with E-state index in [-0.39, 0.29) is 5.78 Å². The number of nitrogens with zero attached hydrogens (tertiary/aromatic N) is 1. The van der Waals surface area contributed by atoms with E-state index in [1.165, 1.54) is 5.56 Å². The van der Waals surface area contributed by atoms with Gasteiger partial charge in [0.2, 0.25) is 0 Å². The summed E-state index contributed by atoms with van der Waals surface area (Å²) in [6.07, 6.45) is 0. The van der Waals surface area contributed by atoms with Gasteiger partial charge in [-0.05, 0) is 72.6 Å². The standard InChI is InChI=1S/C17H18BrNO/c1-4-19(14-7-5-6-12(2)10-14)15-8-9-16(13(3)20)17(18)11-15/h5-11H,4H2,1-3H3. The van der Waals surface area contributed by atoms with E-state index in [4.69, 9.17) is 0 Å². The Morgan fingerprint density at radius 3 is 2.40 bits per heavy atom. The highest BCUT2D eigenvalue weighted by Crippen LogP contribution is 2.30. The Morgan fingerprint density at radius 1 is 1.15 bits per heavy atom. The number of benzene rings is 2. The normalized spacial score (nSPS) is 10.4. The molecule has 3 heteroatoms. The Balaban J connectivity index is 2.42. The van der Waals surface area contributed by atoms with Gasteiger partial charge in [-0.3, -0.25) is 4.79 Å². The fourth-order valence-corrected chi connectivity index (χ4v) is 2.91. The van der Waals surface area contributed by atoms with Crippen molar-refractivity contribution in [2.75, 3.05) is 11.4 Å². The summed E-state index contributed by atoms with van der Waals surface area (Å²) < 4.78 is 0.841. The molecule has 2 aromatic rings. The Labute approximate surface area is 128 Å². The predicted octanol–water partition coefficient (Wildman–Crippen LogP) is 5.12. The molecule has 0 unspecified atom stereocenters. The lowest BCUT2D eigenvalue weighted by atomic mass is 10.1. The van der Waals surface area contributed by atoms with Crippen LogP contribution >= 0.6 is 15.9 Å². The Morgan fingerprint density at radius 2 is 1.85 bits per heavy atom. The van der Waals surface area contributed by atoms with Crippen molar-refractivity contribution in [1.82, 2.24) is 0 Å². The first kappa shape index (κ1) is 14.8. The van der Waals surface area contributed by atoms with Crippen LogP contribution in [-0.2, 0) is 0 Å². The molecule has 0 aliphatic carbocycles. The number of hydrogen-bond acceptors (Lipinski definition) is 2. The Hall–Kier alpha value is -1.61. The molecule has 0 aromatic heterocycles. The predicted molar refractivity (Wildman–Crippen MR) is 88.0 cm³/mol. The lowest BCUT2D eigenvalue weighted by Crippen LogP contribution is -2.16. The van der Waals surface area contributed by atoms with Crippen LogP contribution < -0.4 is 4.90 Å². The first-order valence-electron chi connectivity index (χ1n) is 6.67. The summed E-state index contributed by atoms with van der Waals surface area (Å²) in [6, 6.07) is 14.3. The van der Waals surface area contributed by atoms with E-state index in [2.05, 4.69) is 58.9 Å². The van der Waals surface area contributed by atoms with Gasteiger partial charge in [0, 0.05) is 28.0 Å². The van der Waals surface area contributed by atoms with Gasteiger partial charge >= 0.3 is 0 Å². The average Bonchev–Trinajstić information content (AvgIpc) is 2.39. The smallest absolute Gasteiger partial charge is 0.160 e. The van der Waals surface area contributed by atoms with Gasteiger partial charge < -0.3 is 4.90 Å². The minimum absolute atomic E-state index is 0.0713. The lowest BCUT2D eigenvalue weighted by Gasteiger charge is -2.24. The molecule has 0 bridgehead atoms. The molecule has 0 fully saturated rings. The molecule has 0 atom stereocenters. The first-order chi connectivity index (χ1) is 9.52. The van der Waals surface area contributed by atoms with Crippen molar-refractivity contribution in [1.29, 1.82) is 0 Å². The zero-order chi connectivity index (χ0) is 14.7. The molecule has 0 spiro atoms. The minimum Gasteiger partial charge on any atom is -0.342 e. The monoisotopic (exact) mass is 331 g/mol. The molecule has 0 heterocycles. The second kappa shape index (κ2) is 6.23. The molecule has 0 N–H and O–H groups in total. The fraction of sp³-hybridized carbons (Fsp3) is 0.235. The van der Waals surface area contributed by atoms with Gasteiger partial charge in [0.1, 0.15) is 0 Å². The molecule has 0 saturated carbocycles. The lowest BCUT2D eigenvalue weighted by molar-refractivity contribution is 0.101. The van der Waals surface area contributed by atoms with Gasteiger partial charge in [-0.2, -0.15) is 0 Å². The molecular weight excluding hydrogens is 314 g/mol. The van der Waals surface area contributed by atoms with Crippen LogP contribution in [-0.4, -0.2) is 12.3 Å². The number of carbonyl (C=O) groups is 1. The van der Waals surface area contributed by atoms with E-state index in [9.17, 15) is 4.79 Å². The van der Waals surface area contributed by atoms with Crippen LogP contribution in [0.15, 0.2) is 46.9 Å². The van der Waals surface area contributed by atoms with Crippen LogP contribution in [0, 0.1) is 6.92 Å². The maximum atomic E-state index is 11.5. The molecule has 2 aromatic carbocycles. The molecule has 0 amide bonds. The molecular formula is C17H18BrNO. The molecule has 104 valence electrons. The maximum Gasteiger partial charge on any atom is 0.160 e. The molecule has 0 aliphatic rings. The van der Waals surface area contributed by atoms with Gasteiger partial charge in [-0.1, -0.05) is 12.1 Å². The third kappa shape index (κ3) is 3.10. The number of carbonyl (C=O) groups excluding carboxylic acids is 1. The van der Waals surface area contributed by atoms with E-state index in [1.807, 2.05) is 18.2 Å². The van der Waals surface area contributed by atoms with Crippen LogP contribution in [0.4, 0.5) is 11.4 Å². The van der Waals surface area contributed by atoms with Gasteiger partial charge in [-0.25, -0.2) is 0 Å². The highest BCUT2D eigenvalue weighted by Gasteiger charge is 2.11. The first-order valence-corrected chi connectivity index (χ1v) is 7.47. The molecule has 2 rings (SSSR count). The van der Waals surface area contributed by atoms with Gasteiger partial charge in [0.25, 0.3) is 0 Å². The quantitative estimate of drug-likeness (QED) is 0.725. The van der Waals surface area contributed by atoms with Crippen LogP contribution in [0.3, 0.4) is 0 Å². The number of Topliss-reactive ketones (excluding diaryl/α,β-unsaturated/α-hetero) is 1. The van der Waals surface area contributed by atoms with Crippen molar-refractivity contribution < 1.29 is 4.79 Å². The van der Waals surface area contributed by atoms with Crippen molar-refractivity contribution in [2.24, 2.45) is 0 Å². The largest absolute Gasteiger partial charge is 0.342 e. The Bertz CT molecular complexity index is 637. The molecule has 20 heavy (non-hydrogen) atoms. The SMILES string of the molecule is CCN(c1cccc(C)c1)c1ccc(C(C)=O)c(Br)c1. The minimum atomic E-state index is 0.0713. The fourth-order valence-electron chi connectivity index (χ4n) is 2.27. The van der Waals surface area contributed by atoms with Crippen molar-refractivity contribution in [2.45, 2.75) is 20.8 Å². The van der Waals surface area contributed by atoms with Crippen molar-refractivity contribution >= 4 is 33.1 Å². The van der Waals surface area contributed by atoms with E-state index >= 15 is 0 Å². The zero-order valence-electron chi connectivity index (χ0n) is 12.0. The second-order valence-electron chi connectivity index (χ2n) is 4.80. The highest BCUT2D eigenvalue weighted by atomic mass is 79.9. The van der Waals surface area contributed by atoms with E-state index in [1.54, 1.807) is 6.92 Å². The topological polar surface area (TPSA) is 20.3 Å². The molecule has 2 nitrogen and oxygen atoms in total. The van der Waals surface area contributed by atoms with Crippen LogP contribution in [0.25, 0.3) is 0 Å². The number of anilines is 2. The van der Waals surface area contributed by atoms with E-state index in [0.717, 1.165) is 22.4 Å². The van der Waals surface area contributed by atoms with E-state index < -0.39 is 0 Å². The maximum absolute atomic E-state index is 11.5. The summed E-state index contributed by atoms with van der Waals surface area (Å²) in [5.41, 5.74) is 4.19. The van der Waals surface area contributed by atoms with Crippen LogP contribution in [0.2, 0.25) is 0 Å². The van der Waals surface area contributed by atoms with Crippen LogP contribution in [0.1, 0.15) is 29.8 Å². The number of halogens is 1. The summed E-state index contributed by atoms with van der Waals surface area (Å²) in [7, 11) is 0. The summed E-state index contributed by atoms with van der Waals surface area (Å²) in [6.45, 7) is 6.66. The van der Waals surface area contributed by atoms with Crippen molar-refractivity contribution in [3.8, 4) is 0 Å². The Kier molecular flexibility index (Phi) is 4.61. The van der Waals surface area contributed by atoms with Crippen molar-refractivity contribution in [3.05, 3.63) is 58.1 Å². The third-order valence-electron chi connectivity index (χ3n) is 3.27. The van der Waals surface area contributed by atoms with Gasteiger partial charge in [0.15, 0.2) is 5.78 Å². The number of aryl methyl sites for hydroxylation is 1. The highest BCUT2D eigenvalue weighted by molar-refractivity contribution is 9.10. The number of ketones is 1. The number of hydrogen-bond donors (Lipinski definition) is 0. The van der Waals surface area contributed by atoms with Crippen LogP contribution in [0.5, 0.6) is 0 Å². The third-order valence-corrected chi connectivity index (χ3v) is 3.93. The zero-order valence-corrected chi connectivity index (χ0v) is 13.6. The second-order valence-corrected chi connectivity index (χ2v) is 5.66. The van der Waals surface area contributed by atoms with Crippen molar-refractivity contribution in [3.63, 3.8) is 0 Å². The summed E-state index contributed by atoms with van der Waals surface area (Å²) in [5, 5.41) is 0. The summed E-state index contributed by atoms with van der Waals surface area (Å²) >= 11 is 3.48. The molecule has 0 radical (unpaired) electrons. The summed E-state index contributed by atoms with van der Waals surface area (Å²) in [5.74, 6) is 0.0713. The average molecular weight is 332 g/mol. The van der Waals surface area contributed by atoms with Gasteiger partial charge in [0.05, 0.1) is 0 Å². The molecule has 0 aliphatic heterocycles.